The lowest BCUT2D eigenvalue weighted by atomic mass is 9.92. The van der Waals surface area contributed by atoms with E-state index >= 15 is 0 Å². The topological polar surface area (TPSA) is 93.7 Å². The van der Waals surface area contributed by atoms with Crippen molar-refractivity contribution < 1.29 is 14.4 Å². The first kappa shape index (κ1) is 17.1. The first-order valence-corrected chi connectivity index (χ1v) is 8.57. The molecule has 5 nitrogen and oxygen atoms in total. The summed E-state index contributed by atoms with van der Waals surface area (Å²) < 4.78 is 12.5. The summed E-state index contributed by atoms with van der Waals surface area (Å²) in [5.74, 6) is 0. The lowest BCUT2D eigenvalue weighted by Gasteiger charge is -2.33. The Hall–Kier alpha value is -2.25. The smallest absolute Gasteiger partial charge is 0.322 e. The van der Waals surface area contributed by atoms with Gasteiger partial charge in [0.05, 0.1) is 0 Å². The van der Waals surface area contributed by atoms with Gasteiger partial charge in [0.1, 0.15) is 12.3 Å². The molecule has 6 heteroatoms. The maximum absolute atomic E-state index is 12.5. The second-order valence-electron chi connectivity index (χ2n) is 5.23. The van der Waals surface area contributed by atoms with Gasteiger partial charge in [-0.25, -0.2) is 0 Å². The third-order valence-corrected chi connectivity index (χ3v) is 5.21. The van der Waals surface area contributed by atoms with Gasteiger partial charge >= 0.3 is 7.60 Å². The van der Waals surface area contributed by atoms with E-state index in [1.165, 1.54) is 0 Å². The standard InChI is InChI=1S/C17H17N2O3P/c1-13-7-3-5-9-15(13)17(19-12-11-18,23(20,21)22)16-10-6-4-8-14(16)2/h3-10,12H,1-2H3,(H2,20,21,22). The third-order valence-electron chi connectivity index (χ3n) is 3.77. The number of nitriles is 1. The lowest BCUT2D eigenvalue weighted by Crippen LogP contribution is -2.28. The first-order chi connectivity index (χ1) is 10.8. The molecular weight excluding hydrogens is 311 g/mol. The van der Waals surface area contributed by atoms with Crippen molar-refractivity contribution in [3.05, 3.63) is 70.8 Å². The van der Waals surface area contributed by atoms with Crippen LogP contribution in [0.3, 0.4) is 0 Å². The summed E-state index contributed by atoms with van der Waals surface area (Å²) in [6.45, 7) is 3.53. The Morgan fingerprint density at radius 3 is 1.83 bits per heavy atom. The van der Waals surface area contributed by atoms with E-state index in [0.717, 1.165) is 6.21 Å². The van der Waals surface area contributed by atoms with E-state index in [4.69, 9.17) is 5.26 Å². The van der Waals surface area contributed by atoms with Gasteiger partial charge in [0.2, 0.25) is 5.28 Å². The van der Waals surface area contributed by atoms with Crippen LogP contribution in [0.4, 0.5) is 0 Å². The van der Waals surface area contributed by atoms with E-state index in [0.29, 0.717) is 22.3 Å². The number of aliphatic imine (C=N–C) groups is 1. The SMILES string of the molecule is Cc1ccccc1C(N=CC#N)(c1ccccc1C)P(=O)(O)O. The molecule has 2 aromatic rings. The average Bonchev–Trinajstić information content (AvgIpc) is 2.49. The van der Waals surface area contributed by atoms with Crippen molar-refractivity contribution in [2.75, 3.05) is 0 Å². The zero-order valence-corrected chi connectivity index (χ0v) is 13.7. The van der Waals surface area contributed by atoms with Gasteiger partial charge < -0.3 is 9.79 Å². The van der Waals surface area contributed by atoms with Crippen molar-refractivity contribution in [3.8, 4) is 6.07 Å². The van der Waals surface area contributed by atoms with Crippen molar-refractivity contribution in [3.63, 3.8) is 0 Å². The molecule has 0 heterocycles. The first-order valence-electron chi connectivity index (χ1n) is 6.95. The van der Waals surface area contributed by atoms with Gasteiger partial charge in [0.25, 0.3) is 0 Å². The van der Waals surface area contributed by atoms with Crippen LogP contribution in [0.15, 0.2) is 53.5 Å². The molecule has 0 aliphatic carbocycles. The van der Waals surface area contributed by atoms with Crippen LogP contribution in [0.5, 0.6) is 0 Å². The summed E-state index contributed by atoms with van der Waals surface area (Å²) in [4.78, 5) is 24.5. The monoisotopic (exact) mass is 328 g/mol. The number of nitrogens with zero attached hydrogens (tertiary/aromatic N) is 2. The van der Waals surface area contributed by atoms with Gasteiger partial charge in [0.15, 0.2) is 0 Å². The van der Waals surface area contributed by atoms with Gasteiger partial charge in [-0.05, 0) is 36.1 Å². The molecule has 0 fully saturated rings. The summed E-state index contributed by atoms with van der Waals surface area (Å²) in [6.07, 6.45) is 0.887. The molecular formula is C17H17N2O3P. The van der Waals surface area contributed by atoms with Crippen LogP contribution in [0, 0.1) is 25.2 Å². The van der Waals surface area contributed by atoms with Gasteiger partial charge in [-0.3, -0.25) is 9.56 Å². The summed E-state index contributed by atoms with van der Waals surface area (Å²) in [5.41, 5.74) is 2.15. The molecule has 0 spiro atoms. The fourth-order valence-corrected chi connectivity index (χ4v) is 4.06. The van der Waals surface area contributed by atoms with Crippen LogP contribution < -0.4 is 0 Å². The fourth-order valence-electron chi connectivity index (χ4n) is 2.72. The van der Waals surface area contributed by atoms with E-state index in [1.807, 2.05) is 0 Å². The highest BCUT2D eigenvalue weighted by Crippen LogP contribution is 2.62. The van der Waals surface area contributed by atoms with Crippen LogP contribution in [-0.4, -0.2) is 16.0 Å². The number of hydrogen-bond acceptors (Lipinski definition) is 3. The lowest BCUT2D eigenvalue weighted by molar-refractivity contribution is 0.340. The zero-order chi connectivity index (χ0) is 17.1. The van der Waals surface area contributed by atoms with Crippen LogP contribution in [0.1, 0.15) is 22.3 Å². The third kappa shape index (κ3) is 2.97. The summed E-state index contributed by atoms with van der Waals surface area (Å²) in [7, 11) is -4.78. The normalized spacial score (nSPS) is 12.3. The molecule has 0 bridgehead atoms. The van der Waals surface area contributed by atoms with Gasteiger partial charge in [-0.2, -0.15) is 5.26 Å². The highest BCUT2D eigenvalue weighted by molar-refractivity contribution is 7.53. The average molecular weight is 328 g/mol. The Kier molecular flexibility index (Phi) is 4.82. The van der Waals surface area contributed by atoms with E-state index in [2.05, 4.69) is 4.99 Å². The Labute approximate surface area is 135 Å². The van der Waals surface area contributed by atoms with E-state index in [1.54, 1.807) is 68.4 Å². The Morgan fingerprint density at radius 2 is 1.48 bits per heavy atom. The van der Waals surface area contributed by atoms with Crippen molar-refractivity contribution in [2.45, 2.75) is 19.1 Å². The van der Waals surface area contributed by atoms with Crippen LogP contribution in [0.25, 0.3) is 0 Å². The molecule has 0 saturated carbocycles. The molecule has 2 rings (SSSR count). The van der Waals surface area contributed by atoms with Gasteiger partial charge in [0, 0.05) is 0 Å². The summed E-state index contributed by atoms with van der Waals surface area (Å²) >= 11 is 0. The quantitative estimate of drug-likeness (QED) is 0.665. The predicted octanol–water partition coefficient (Wildman–Crippen LogP) is 3.28. The van der Waals surface area contributed by atoms with Gasteiger partial charge in [-0.15, -0.1) is 0 Å². The maximum atomic E-state index is 12.5. The highest BCUT2D eigenvalue weighted by Gasteiger charge is 2.51. The Morgan fingerprint density at radius 1 is 1.04 bits per heavy atom. The molecule has 0 aliphatic rings. The van der Waals surface area contributed by atoms with Crippen molar-refractivity contribution in [1.82, 2.24) is 0 Å². The largest absolute Gasteiger partial charge is 0.362 e. The molecule has 2 aromatic carbocycles. The number of rotatable bonds is 4. The zero-order valence-electron chi connectivity index (χ0n) is 12.8. The molecule has 0 saturated heterocycles. The summed E-state index contributed by atoms with van der Waals surface area (Å²) in [6, 6.07) is 15.5. The second-order valence-corrected chi connectivity index (χ2v) is 6.97. The molecule has 0 amide bonds. The van der Waals surface area contributed by atoms with Crippen LogP contribution in [0.2, 0.25) is 0 Å². The summed E-state index contributed by atoms with van der Waals surface area (Å²) in [5, 5.41) is 6.94. The predicted molar refractivity (Wildman–Crippen MR) is 89.3 cm³/mol. The van der Waals surface area contributed by atoms with Crippen molar-refractivity contribution in [1.29, 1.82) is 5.26 Å². The van der Waals surface area contributed by atoms with Gasteiger partial charge in [-0.1, -0.05) is 48.5 Å². The minimum Gasteiger partial charge on any atom is -0.322 e. The molecule has 0 aromatic heterocycles. The molecule has 0 aliphatic heterocycles. The van der Waals surface area contributed by atoms with Crippen molar-refractivity contribution >= 4 is 13.8 Å². The van der Waals surface area contributed by atoms with E-state index in [9.17, 15) is 14.4 Å². The van der Waals surface area contributed by atoms with Crippen LogP contribution >= 0.6 is 7.60 Å². The molecule has 118 valence electrons. The minimum absolute atomic E-state index is 0.383. The molecule has 0 radical (unpaired) electrons. The molecule has 0 atom stereocenters. The maximum Gasteiger partial charge on any atom is 0.362 e. The Balaban J connectivity index is 2.97. The molecule has 23 heavy (non-hydrogen) atoms. The van der Waals surface area contributed by atoms with E-state index < -0.39 is 12.9 Å². The van der Waals surface area contributed by atoms with Crippen molar-refractivity contribution in [2.24, 2.45) is 4.99 Å². The van der Waals surface area contributed by atoms with E-state index in [-0.39, 0.29) is 0 Å². The number of benzene rings is 2. The number of aryl methyl sites for hydroxylation is 2. The molecule has 2 N–H and O–H groups in total. The van der Waals surface area contributed by atoms with Crippen LogP contribution in [-0.2, 0) is 9.85 Å². The highest BCUT2D eigenvalue weighted by atomic mass is 31.2. The molecule has 0 unspecified atom stereocenters. The number of hydrogen-bond donors (Lipinski definition) is 2. The fraction of sp³-hybridized carbons (Fsp3) is 0.176. The Bertz CT molecular complexity index is 788. The minimum atomic E-state index is -4.78. The second kappa shape index (κ2) is 6.47.